The zero-order chi connectivity index (χ0) is 23.1. The fourth-order valence-electron chi connectivity index (χ4n) is 4.10. The van der Waals surface area contributed by atoms with Crippen molar-refractivity contribution in [1.29, 1.82) is 0 Å². The van der Waals surface area contributed by atoms with Gasteiger partial charge in [0.05, 0.1) is 17.5 Å². The average Bonchev–Trinajstić information content (AvgIpc) is 2.77. The minimum absolute atomic E-state index is 0.104. The molecular formula is C25H27N3O4. The normalized spacial score (nSPS) is 15.4. The summed E-state index contributed by atoms with van der Waals surface area (Å²) in [5.41, 5.74) is 10.5. The number of aryl methyl sites for hydroxylation is 2. The van der Waals surface area contributed by atoms with Crippen LogP contribution in [-0.4, -0.2) is 41.6 Å². The molecular weight excluding hydrogens is 406 g/mol. The second-order valence-electron chi connectivity index (χ2n) is 8.03. The molecule has 2 aromatic carbocycles. The Morgan fingerprint density at radius 2 is 1.94 bits per heavy atom. The summed E-state index contributed by atoms with van der Waals surface area (Å²) >= 11 is 0. The third kappa shape index (κ3) is 5.50. The molecule has 1 saturated heterocycles. The van der Waals surface area contributed by atoms with E-state index in [2.05, 4.69) is 4.98 Å². The number of aromatic nitrogens is 1. The number of nitrogen functional groups attached to an aromatic ring is 1. The number of amides is 1. The number of hydrogen-bond donors (Lipinski definition) is 1. The van der Waals surface area contributed by atoms with Gasteiger partial charge in [-0.25, -0.2) is 0 Å². The minimum Gasteiger partial charge on any atom is -0.492 e. The summed E-state index contributed by atoms with van der Waals surface area (Å²) in [5.74, 6) is 1.16. The molecule has 1 atom stereocenters. The molecule has 1 amide bonds. The van der Waals surface area contributed by atoms with Crippen LogP contribution in [0.3, 0.4) is 0 Å². The lowest BCUT2D eigenvalue weighted by atomic mass is 9.98. The van der Waals surface area contributed by atoms with E-state index in [4.69, 9.17) is 20.1 Å². The van der Waals surface area contributed by atoms with E-state index in [1.807, 2.05) is 67.3 Å². The zero-order valence-electron chi connectivity index (χ0n) is 18.3. The van der Waals surface area contributed by atoms with Crippen LogP contribution in [0, 0.1) is 19.8 Å². The summed E-state index contributed by atoms with van der Waals surface area (Å²) < 4.78 is 6.17. The number of rotatable bonds is 4. The first-order valence-corrected chi connectivity index (χ1v) is 10.6. The van der Waals surface area contributed by atoms with Gasteiger partial charge in [0.2, 0.25) is 0 Å². The Morgan fingerprint density at radius 3 is 2.69 bits per heavy atom. The number of anilines is 1. The van der Waals surface area contributed by atoms with E-state index in [9.17, 15) is 4.79 Å². The van der Waals surface area contributed by atoms with E-state index in [1.54, 1.807) is 0 Å². The highest BCUT2D eigenvalue weighted by molar-refractivity contribution is 5.95. The van der Waals surface area contributed by atoms with Gasteiger partial charge in [0.1, 0.15) is 5.75 Å². The lowest BCUT2D eigenvalue weighted by molar-refractivity contribution is -0.191. The maximum Gasteiger partial charge on any atom is 0.373 e. The summed E-state index contributed by atoms with van der Waals surface area (Å²) in [7, 11) is 0. The first-order chi connectivity index (χ1) is 15.4. The van der Waals surface area contributed by atoms with Crippen LogP contribution < -0.4 is 10.5 Å². The number of pyridine rings is 1. The Kier molecular flexibility index (Phi) is 7.58. The number of piperidine rings is 1. The predicted molar refractivity (Wildman–Crippen MR) is 121 cm³/mol. The Morgan fingerprint density at radius 1 is 1.19 bits per heavy atom. The van der Waals surface area contributed by atoms with Crippen LogP contribution in [-0.2, 0) is 9.59 Å². The molecule has 3 aromatic rings. The summed E-state index contributed by atoms with van der Waals surface area (Å²) in [6.45, 7) is 6.02. The molecule has 0 spiro atoms. The second-order valence-corrected chi connectivity index (χ2v) is 8.03. The van der Waals surface area contributed by atoms with Crippen molar-refractivity contribution in [3.05, 3.63) is 65.4 Å². The van der Waals surface area contributed by atoms with Crippen molar-refractivity contribution in [1.82, 2.24) is 9.88 Å². The van der Waals surface area contributed by atoms with Crippen LogP contribution in [0.25, 0.3) is 10.9 Å². The van der Waals surface area contributed by atoms with Gasteiger partial charge in [0.15, 0.2) is 0 Å². The molecule has 2 heterocycles. The molecule has 0 radical (unpaired) electrons. The third-order valence-corrected chi connectivity index (χ3v) is 5.50. The first-order valence-electron chi connectivity index (χ1n) is 10.6. The molecule has 32 heavy (non-hydrogen) atoms. The number of nitrogens with two attached hydrogens (primary N) is 1. The summed E-state index contributed by atoms with van der Waals surface area (Å²) in [6, 6.07) is 15.5. The fourth-order valence-corrected chi connectivity index (χ4v) is 4.10. The third-order valence-electron chi connectivity index (χ3n) is 5.50. The smallest absolute Gasteiger partial charge is 0.373 e. The Hall–Kier alpha value is -3.70. The Labute approximate surface area is 187 Å². The van der Waals surface area contributed by atoms with E-state index in [1.165, 1.54) is 0 Å². The highest BCUT2D eigenvalue weighted by Crippen LogP contribution is 2.31. The summed E-state index contributed by atoms with van der Waals surface area (Å²) in [6.07, 6.45) is 2.29. The lowest BCUT2D eigenvalue weighted by Crippen LogP contribution is -2.41. The quantitative estimate of drug-likeness (QED) is 0.672. The van der Waals surface area contributed by atoms with Gasteiger partial charge in [-0.1, -0.05) is 23.8 Å². The van der Waals surface area contributed by atoms with Crippen molar-refractivity contribution < 1.29 is 19.1 Å². The monoisotopic (exact) mass is 433 g/mol. The molecule has 0 bridgehead atoms. The van der Waals surface area contributed by atoms with Gasteiger partial charge in [0.25, 0.3) is 5.91 Å². The van der Waals surface area contributed by atoms with Crippen molar-refractivity contribution in [2.45, 2.75) is 26.7 Å². The maximum absolute atomic E-state index is 12.9. The van der Waals surface area contributed by atoms with Gasteiger partial charge in [0, 0.05) is 36.0 Å². The molecule has 0 saturated carbocycles. The van der Waals surface area contributed by atoms with Gasteiger partial charge in [-0.3, -0.25) is 9.78 Å². The number of carbonyl (C=O) groups excluding carboxylic acids is 3. The fraction of sp³-hybridized carbons (Fsp3) is 0.320. The van der Waals surface area contributed by atoms with Crippen LogP contribution in [0.4, 0.5) is 5.69 Å². The van der Waals surface area contributed by atoms with Crippen molar-refractivity contribution in [2.24, 2.45) is 5.92 Å². The molecule has 4 rings (SSSR count). The van der Waals surface area contributed by atoms with Crippen molar-refractivity contribution >= 4 is 28.6 Å². The highest BCUT2D eigenvalue weighted by atomic mass is 16.5. The van der Waals surface area contributed by atoms with Crippen molar-refractivity contribution in [3.8, 4) is 5.75 Å². The molecule has 0 aliphatic carbocycles. The molecule has 1 fully saturated rings. The van der Waals surface area contributed by atoms with Gasteiger partial charge in [-0.05, 0) is 57.0 Å². The second kappa shape index (κ2) is 10.6. The van der Waals surface area contributed by atoms with E-state index >= 15 is 0 Å². The van der Waals surface area contributed by atoms with Crippen LogP contribution in [0.2, 0.25) is 0 Å². The maximum atomic E-state index is 12.9. The van der Waals surface area contributed by atoms with Crippen LogP contribution in [0.1, 0.15) is 34.5 Å². The van der Waals surface area contributed by atoms with Crippen LogP contribution >= 0.6 is 0 Å². The van der Waals surface area contributed by atoms with Gasteiger partial charge in [-0.2, -0.15) is 9.59 Å². The number of likely N-dealkylation sites (tertiary alicyclic amines) is 1. The molecule has 1 aliphatic heterocycles. The van der Waals surface area contributed by atoms with E-state index in [0.29, 0.717) is 24.8 Å². The Balaban J connectivity index is 0.000000913. The van der Waals surface area contributed by atoms with E-state index in [0.717, 1.165) is 52.9 Å². The standard InChI is InChI=1S/C24H27N3O2.CO2/c1-16-6-3-8-19(12-16)24(28)27-11-5-7-18(14-27)15-29-22-10-4-9-21-23(22)20(25)13-17(2)26-21;2-1-3/h3-4,6,8-10,12-13,18H,5,7,11,14-15H2,1-2H3,(H2,25,26);. The first kappa shape index (κ1) is 23.0. The molecule has 1 unspecified atom stereocenters. The largest absolute Gasteiger partial charge is 0.492 e. The average molecular weight is 434 g/mol. The number of nitrogens with zero attached hydrogens (tertiary/aromatic N) is 2. The summed E-state index contributed by atoms with van der Waals surface area (Å²) in [5, 5.41) is 0.863. The number of benzene rings is 2. The SMILES string of the molecule is Cc1cccc(C(=O)N2CCCC(COc3cccc4nc(C)cc(N)c34)C2)c1.O=C=O. The zero-order valence-corrected chi connectivity index (χ0v) is 18.3. The predicted octanol–water partition coefficient (Wildman–Crippen LogP) is 3.78. The van der Waals surface area contributed by atoms with Gasteiger partial charge in [-0.15, -0.1) is 0 Å². The number of carbonyl (C=O) groups is 1. The molecule has 7 heteroatoms. The van der Waals surface area contributed by atoms with E-state index < -0.39 is 0 Å². The lowest BCUT2D eigenvalue weighted by Gasteiger charge is -2.33. The van der Waals surface area contributed by atoms with E-state index in [-0.39, 0.29) is 12.1 Å². The van der Waals surface area contributed by atoms with Gasteiger partial charge < -0.3 is 15.4 Å². The molecule has 7 nitrogen and oxygen atoms in total. The van der Waals surface area contributed by atoms with Crippen molar-refractivity contribution in [3.63, 3.8) is 0 Å². The Bertz CT molecular complexity index is 1140. The van der Waals surface area contributed by atoms with Gasteiger partial charge >= 0.3 is 6.15 Å². The van der Waals surface area contributed by atoms with Crippen LogP contribution in [0.15, 0.2) is 48.5 Å². The highest BCUT2D eigenvalue weighted by Gasteiger charge is 2.25. The number of hydrogen-bond acceptors (Lipinski definition) is 6. The van der Waals surface area contributed by atoms with Crippen LogP contribution in [0.5, 0.6) is 5.75 Å². The minimum atomic E-state index is 0.104. The molecule has 2 N–H and O–H groups in total. The van der Waals surface area contributed by atoms with Crippen molar-refractivity contribution in [2.75, 3.05) is 25.4 Å². The number of ether oxygens (including phenoxy) is 1. The molecule has 1 aliphatic rings. The molecule has 166 valence electrons. The topological polar surface area (TPSA) is 103 Å². The summed E-state index contributed by atoms with van der Waals surface area (Å²) in [4.78, 5) is 35.6. The number of fused-ring (bicyclic) bond motifs is 1. The molecule has 1 aromatic heterocycles.